The van der Waals surface area contributed by atoms with Crippen LogP contribution in [0.15, 0.2) is 28.7 Å². The van der Waals surface area contributed by atoms with Gasteiger partial charge in [0.25, 0.3) is 5.91 Å². The van der Waals surface area contributed by atoms with Crippen LogP contribution in [0.3, 0.4) is 0 Å². The lowest BCUT2D eigenvalue weighted by Gasteiger charge is -2.59. The van der Waals surface area contributed by atoms with Crippen LogP contribution in [0.1, 0.15) is 55.8 Å². The van der Waals surface area contributed by atoms with E-state index in [1.807, 2.05) is 24.3 Å². The van der Waals surface area contributed by atoms with Crippen LogP contribution in [-0.4, -0.2) is 11.9 Å². The van der Waals surface area contributed by atoms with Gasteiger partial charge >= 0.3 is 0 Å². The van der Waals surface area contributed by atoms with Crippen molar-refractivity contribution < 1.29 is 4.79 Å². The average Bonchev–Trinajstić information content (AvgIpc) is 2.46. The Balaban J connectivity index is 1.49. The molecule has 1 aromatic rings. The number of hydrogen-bond donors (Lipinski definition) is 1. The average molecular weight is 362 g/mol. The molecular weight excluding hydrogens is 338 g/mol. The van der Waals surface area contributed by atoms with Crippen molar-refractivity contribution in [3.63, 3.8) is 0 Å². The smallest absolute Gasteiger partial charge is 0.251 e. The number of halogens is 1. The second-order valence-corrected chi connectivity index (χ2v) is 8.90. The molecule has 118 valence electrons. The molecule has 1 amide bonds. The highest BCUT2D eigenvalue weighted by Crippen LogP contribution is 2.61. The first kappa shape index (κ1) is 14.7. The minimum Gasteiger partial charge on any atom is -0.349 e. The molecular formula is C19H24BrNO. The molecule has 0 unspecified atom stereocenters. The molecule has 0 heterocycles. The zero-order chi connectivity index (χ0) is 15.3. The lowest BCUT2D eigenvalue weighted by atomic mass is 9.48. The van der Waals surface area contributed by atoms with Gasteiger partial charge in [0.05, 0.1) is 0 Å². The number of nitrogens with one attached hydrogen (secondary N) is 1. The van der Waals surface area contributed by atoms with Crippen LogP contribution >= 0.6 is 15.9 Å². The molecule has 2 nitrogen and oxygen atoms in total. The first-order chi connectivity index (χ1) is 10.5. The van der Waals surface area contributed by atoms with E-state index >= 15 is 0 Å². The van der Waals surface area contributed by atoms with E-state index in [1.54, 1.807) is 0 Å². The molecule has 0 spiro atoms. The highest BCUT2D eigenvalue weighted by Gasteiger charge is 2.53. The summed E-state index contributed by atoms with van der Waals surface area (Å²) in [7, 11) is 0. The molecule has 0 radical (unpaired) electrons. The summed E-state index contributed by atoms with van der Waals surface area (Å²) >= 11 is 3.42. The van der Waals surface area contributed by atoms with Crippen molar-refractivity contribution in [3.8, 4) is 0 Å². The van der Waals surface area contributed by atoms with Gasteiger partial charge < -0.3 is 5.32 Å². The maximum atomic E-state index is 12.5. The molecule has 1 N–H and O–H groups in total. The Labute approximate surface area is 141 Å². The van der Waals surface area contributed by atoms with Crippen molar-refractivity contribution in [2.75, 3.05) is 0 Å². The van der Waals surface area contributed by atoms with E-state index in [0.29, 0.717) is 5.41 Å². The third-order valence-electron chi connectivity index (χ3n) is 6.46. The lowest BCUT2D eigenvalue weighted by Crippen LogP contribution is -2.55. The highest BCUT2D eigenvalue weighted by molar-refractivity contribution is 9.10. The molecule has 0 aromatic heterocycles. The summed E-state index contributed by atoms with van der Waals surface area (Å²) in [6.07, 6.45) is 8.36. The standard InChI is InChI=1S/C19H24BrNO/c1-12(21-18(22)16-2-4-17(20)5-3-16)19-9-13-6-14(10-19)8-15(7-13)11-19/h2-5,12-15H,6-11H2,1H3,(H,21,22)/t12-,13?,14?,15?,19?/m1/s1. The Morgan fingerprint density at radius 3 is 2.09 bits per heavy atom. The summed E-state index contributed by atoms with van der Waals surface area (Å²) in [5.74, 6) is 2.87. The third-order valence-corrected chi connectivity index (χ3v) is 6.99. The van der Waals surface area contributed by atoms with Crippen molar-refractivity contribution in [1.29, 1.82) is 0 Å². The molecule has 4 bridgehead atoms. The first-order valence-electron chi connectivity index (χ1n) is 8.60. The fraction of sp³-hybridized carbons (Fsp3) is 0.632. The van der Waals surface area contributed by atoms with Crippen LogP contribution < -0.4 is 5.32 Å². The predicted molar refractivity (Wildman–Crippen MR) is 91.7 cm³/mol. The number of carbonyl (C=O) groups is 1. The van der Waals surface area contributed by atoms with Crippen molar-refractivity contribution in [2.45, 2.75) is 51.5 Å². The topological polar surface area (TPSA) is 29.1 Å². The summed E-state index contributed by atoms with van der Waals surface area (Å²) < 4.78 is 1.01. The lowest BCUT2D eigenvalue weighted by molar-refractivity contribution is -0.0688. The Bertz CT molecular complexity index is 544. The normalized spacial score (nSPS) is 37.1. The van der Waals surface area contributed by atoms with Gasteiger partial charge in [-0.1, -0.05) is 15.9 Å². The maximum absolute atomic E-state index is 12.5. The van der Waals surface area contributed by atoms with Gasteiger partial charge in [0, 0.05) is 16.1 Å². The van der Waals surface area contributed by atoms with Gasteiger partial charge in [-0.15, -0.1) is 0 Å². The van der Waals surface area contributed by atoms with Crippen LogP contribution in [0.4, 0.5) is 0 Å². The highest BCUT2D eigenvalue weighted by atomic mass is 79.9. The molecule has 5 rings (SSSR count). The van der Waals surface area contributed by atoms with Gasteiger partial charge in [0.15, 0.2) is 0 Å². The van der Waals surface area contributed by atoms with Gasteiger partial charge in [-0.05, 0) is 92.9 Å². The number of benzene rings is 1. The van der Waals surface area contributed by atoms with Gasteiger partial charge in [-0.2, -0.15) is 0 Å². The SMILES string of the molecule is C[C@@H](NC(=O)c1ccc(Br)cc1)C12CC3CC(CC(C3)C1)C2. The molecule has 0 saturated heterocycles. The molecule has 0 aliphatic heterocycles. The maximum Gasteiger partial charge on any atom is 0.251 e. The molecule has 4 aliphatic rings. The summed E-state index contributed by atoms with van der Waals surface area (Å²) in [5, 5.41) is 3.32. The van der Waals surface area contributed by atoms with E-state index in [0.717, 1.165) is 27.8 Å². The Morgan fingerprint density at radius 1 is 1.09 bits per heavy atom. The number of hydrogen-bond acceptors (Lipinski definition) is 1. The molecule has 3 heteroatoms. The zero-order valence-corrected chi connectivity index (χ0v) is 14.7. The van der Waals surface area contributed by atoms with E-state index in [2.05, 4.69) is 28.2 Å². The first-order valence-corrected chi connectivity index (χ1v) is 9.40. The number of amides is 1. The van der Waals surface area contributed by atoms with Crippen LogP contribution in [-0.2, 0) is 0 Å². The molecule has 4 fully saturated rings. The minimum absolute atomic E-state index is 0.0794. The Kier molecular flexibility index (Phi) is 3.60. The van der Waals surface area contributed by atoms with Crippen LogP contribution in [0.2, 0.25) is 0 Å². The van der Waals surface area contributed by atoms with Crippen LogP contribution in [0, 0.1) is 23.2 Å². The second kappa shape index (κ2) is 5.36. The Hall–Kier alpha value is -0.830. The van der Waals surface area contributed by atoms with Crippen LogP contribution in [0.25, 0.3) is 0 Å². The predicted octanol–water partition coefficient (Wildman–Crippen LogP) is 4.78. The van der Waals surface area contributed by atoms with E-state index in [9.17, 15) is 4.79 Å². The van der Waals surface area contributed by atoms with E-state index in [-0.39, 0.29) is 11.9 Å². The van der Waals surface area contributed by atoms with Gasteiger partial charge in [-0.3, -0.25) is 4.79 Å². The summed E-state index contributed by atoms with van der Waals surface area (Å²) in [6.45, 7) is 2.24. The van der Waals surface area contributed by atoms with E-state index in [4.69, 9.17) is 0 Å². The molecule has 1 atom stereocenters. The van der Waals surface area contributed by atoms with Crippen molar-refractivity contribution >= 4 is 21.8 Å². The van der Waals surface area contributed by atoms with Crippen molar-refractivity contribution in [1.82, 2.24) is 5.32 Å². The minimum atomic E-state index is 0.0794. The second-order valence-electron chi connectivity index (χ2n) is 7.98. The Morgan fingerprint density at radius 2 is 1.59 bits per heavy atom. The summed E-state index contributed by atoms with van der Waals surface area (Å²) in [5.41, 5.74) is 1.14. The number of rotatable bonds is 3. The zero-order valence-electron chi connectivity index (χ0n) is 13.1. The van der Waals surface area contributed by atoms with Gasteiger partial charge in [0.2, 0.25) is 0 Å². The fourth-order valence-electron chi connectivity index (χ4n) is 5.74. The molecule has 4 aliphatic carbocycles. The van der Waals surface area contributed by atoms with Crippen molar-refractivity contribution in [3.05, 3.63) is 34.3 Å². The monoisotopic (exact) mass is 361 g/mol. The number of carbonyl (C=O) groups excluding carboxylic acids is 1. The van der Waals surface area contributed by atoms with E-state index < -0.39 is 0 Å². The van der Waals surface area contributed by atoms with Crippen LogP contribution in [0.5, 0.6) is 0 Å². The van der Waals surface area contributed by atoms with Crippen molar-refractivity contribution in [2.24, 2.45) is 23.2 Å². The molecule has 4 saturated carbocycles. The molecule has 1 aromatic carbocycles. The third kappa shape index (κ3) is 2.51. The van der Waals surface area contributed by atoms with Gasteiger partial charge in [0.1, 0.15) is 0 Å². The largest absolute Gasteiger partial charge is 0.349 e. The fourth-order valence-corrected chi connectivity index (χ4v) is 6.01. The van der Waals surface area contributed by atoms with Gasteiger partial charge in [-0.25, -0.2) is 0 Å². The molecule has 22 heavy (non-hydrogen) atoms. The van der Waals surface area contributed by atoms with E-state index in [1.165, 1.54) is 38.5 Å². The summed E-state index contributed by atoms with van der Waals surface area (Å²) in [6, 6.07) is 7.95. The quantitative estimate of drug-likeness (QED) is 0.824. The summed E-state index contributed by atoms with van der Waals surface area (Å²) in [4.78, 5) is 12.5.